The number of ether oxygens (including phenoxy) is 1. The van der Waals surface area contributed by atoms with Crippen molar-refractivity contribution in [2.24, 2.45) is 0 Å². The second-order valence-corrected chi connectivity index (χ2v) is 8.36. The minimum Gasteiger partial charge on any atom is -0.466 e. The summed E-state index contributed by atoms with van der Waals surface area (Å²) in [5.74, 6) is -1.36. The highest BCUT2D eigenvalue weighted by atomic mass is 16.5. The molecule has 1 aliphatic heterocycles. The molecule has 0 radical (unpaired) electrons. The Labute approximate surface area is 205 Å². The maximum absolute atomic E-state index is 12.8. The van der Waals surface area contributed by atoms with Gasteiger partial charge >= 0.3 is 5.97 Å². The molecule has 0 aromatic heterocycles. The lowest BCUT2D eigenvalue weighted by Gasteiger charge is -2.34. The Morgan fingerprint density at radius 1 is 1.11 bits per heavy atom. The molecule has 1 saturated heterocycles. The third kappa shape index (κ3) is 7.30. The molecule has 1 aliphatic rings. The van der Waals surface area contributed by atoms with Gasteiger partial charge in [0.25, 0.3) is 5.91 Å². The minimum atomic E-state index is -0.889. The van der Waals surface area contributed by atoms with E-state index in [1.54, 1.807) is 24.3 Å². The quantitative estimate of drug-likeness (QED) is 0.449. The van der Waals surface area contributed by atoms with Crippen LogP contribution in [0.1, 0.15) is 48.7 Å². The Kier molecular flexibility index (Phi) is 9.23. The van der Waals surface area contributed by atoms with E-state index in [-0.39, 0.29) is 43.3 Å². The van der Waals surface area contributed by atoms with Gasteiger partial charge in [0.05, 0.1) is 25.6 Å². The van der Waals surface area contributed by atoms with Gasteiger partial charge in [-0.2, -0.15) is 0 Å². The zero-order chi connectivity index (χ0) is 25.2. The van der Waals surface area contributed by atoms with Crippen LogP contribution in [0.15, 0.2) is 54.6 Å². The van der Waals surface area contributed by atoms with Gasteiger partial charge in [0, 0.05) is 24.3 Å². The molecule has 3 rings (SSSR count). The van der Waals surface area contributed by atoms with Crippen molar-refractivity contribution < 1.29 is 23.9 Å². The molecule has 2 aromatic rings. The first-order valence-electron chi connectivity index (χ1n) is 11.8. The fraction of sp³-hybridized carbons (Fsp3) is 0.385. The smallest absolute Gasteiger partial charge is 0.308 e. The second kappa shape index (κ2) is 12.5. The maximum Gasteiger partial charge on any atom is 0.308 e. The highest BCUT2D eigenvalue weighted by molar-refractivity contribution is 5.95. The van der Waals surface area contributed by atoms with E-state index >= 15 is 0 Å². The van der Waals surface area contributed by atoms with Crippen LogP contribution in [0.5, 0.6) is 0 Å². The molecule has 3 amide bonds. The molecule has 9 heteroatoms. The largest absolute Gasteiger partial charge is 0.466 e. The zero-order valence-electron chi connectivity index (χ0n) is 20.1. The number of piperazine rings is 1. The lowest BCUT2D eigenvalue weighted by atomic mass is 10.1. The number of hydrogen-bond acceptors (Lipinski definition) is 6. The molecule has 3 N–H and O–H groups in total. The van der Waals surface area contributed by atoms with Crippen LogP contribution in [-0.2, 0) is 19.1 Å². The Hall–Kier alpha value is -3.88. The molecule has 2 aromatic carbocycles. The number of nitrogens with zero attached hydrogens (tertiary/aromatic N) is 1. The molecule has 0 bridgehead atoms. The Balaban J connectivity index is 1.53. The molecule has 2 atom stereocenters. The number of esters is 1. The van der Waals surface area contributed by atoms with Crippen molar-refractivity contribution in [3.05, 3.63) is 65.7 Å². The molecule has 1 heterocycles. The monoisotopic (exact) mass is 480 g/mol. The first-order chi connectivity index (χ1) is 16.9. The van der Waals surface area contributed by atoms with Gasteiger partial charge in [0.1, 0.15) is 6.04 Å². The van der Waals surface area contributed by atoms with Crippen LogP contribution in [0.2, 0.25) is 0 Å². The fourth-order valence-electron chi connectivity index (χ4n) is 3.77. The summed E-state index contributed by atoms with van der Waals surface area (Å²) in [7, 11) is 0. The lowest BCUT2D eigenvalue weighted by Crippen LogP contribution is -2.58. The van der Waals surface area contributed by atoms with Gasteiger partial charge in [0.2, 0.25) is 11.8 Å². The Bertz CT molecular complexity index is 1030. The molecular weight excluding hydrogens is 448 g/mol. The van der Waals surface area contributed by atoms with Gasteiger partial charge in [-0.05, 0) is 43.2 Å². The van der Waals surface area contributed by atoms with Crippen molar-refractivity contribution in [3.63, 3.8) is 0 Å². The van der Waals surface area contributed by atoms with Crippen LogP contribution < -0.4 is 16.0 Å². The number of hydrogen-bond donors (Lipinski definition) is 3. The van der Waals surface area contributed by atoms with Gasteiger partial charge < -0.3 is 25.6 Å². The summed E-state index contributed by atoms with van der Waals surface area (Å²) in [5, 5.41) is 8.69. The highest BCUT2D eigenvalue weighted by Gasteiger charge is 2.34. The molecular formula is C26H32N4O5. The lowest BCUT2D eigenvalue weighted by molar-refractivity contribution is -0.151. The third-order valence-electron chi connectivity index (χ3n) is 5.72. The predicted molar refractivity (Wildman–Crippen MR) is 132 cm³/mol. The third-order valence-corrected chi connectivity index (χ3v) is 5.72. The van der Waals surface area contributed by atoms with Crippen LogP contribution in [0.3, 0.4) is 0 Å². The first-order valence-corrected chi connectivity index (χ1v) is 11.8. The molecule has 2 unspecified atom stereocenters. The Morgan fingerprint density at radius 3 is 2.51 bits per heavy atom. The number of carbonyl (C=O) groups excluding carboxylic acids is 4. The van der Waals surface area contributed by atoms with E-state index in [4.69, 9.17) is 4.74 Å². The van der Waals surface area contributed by atoms with Crippen molar-refractivity contribution in [2.75, 3.05) is 31.6 Å². The standard InChI is InChI=1S/C26H32N4O5/c1-3-15-35-24(32)16-22-26(34)27-13-14-30(22)23(31)17-28-21-11-9-20(10-12-21)25(33)29-18(2)19-7-5-4-6-8-19/h4-12,18,22,28H,3,13-17H2,1-2H3,(H,27,34)(H,29,33). The topological polar surface area (TPSA) is 117 Å². The van der Waals surface area contributed by atoms with Crippen molar-refractivity contribution >= 4 is 29.4 Å². The summed E-state index contributed by atoms with van der Waals surface area (Å²) < 4.78 is 5.07. The minimum absolute atomic E-state index is 0.0512. The average molecular weight is 481 g/mol. The van der Waals surface area contributed by atoms with Crippen molar-refractivity contribution in [2.45, 2.75) is 38.8 Å². The Morgan fingerprint density at radius 2 is 1.83 bits per heavy atom. The number of benzene rings is 2. The van der Waals surface area contributed by atoms with Crippen LogP contribution in [0.4, 0.5) is 5.69 Å². The van der Waals surface area contributed by atoms with Gasteiger partial charge in [-0.1, -0.05) is 37.3 Å². The molecule has 0 saturated carbocycles. The maximum atomic E-state index is 12.8. The zero-order valence-corrected chi connectivity index (χ0v) is 20.1. The van der Waals surface area contributed by atoms with E-state index < -0.39 is 12.0 Å². The molecule has 0 spiro atoms. The van der Waals surface area contributed by atoms with Crippen LogP contribution in [0.25, 0.3) is 0 Å². The summed E-state index contributed by atoms with van der Waals surface area (Å²) in [6.07, 6.45) is 0.504. The van der Waals surface area contributed by atoms with Gasteiger partial charge in [-0.25, -0.2) is 0 Å². The SMILES string of the molecule is CCCOC(=O)CC1C(=O)NCCN1C(=O)CNc1ccc(C(=O)NC(C)c2ccccc2)cc1. The van der Waals surface area contributed by atoms with Gasteiger partial charge in [-0.15, -0.1) is 0 Å². The number of amides is 3. The van der Waals surface area contributed by atoms with Crippen LogP contribution >= 0.6 is 0 Å². The number of carbonyl (C=O) groups is 4. The molecule has 9 nitrogen and oxygen atoms in total. The van der Waals surface area contributed by atoms with E-state index in [0.717, 1.165) is 5.56 Å². The van der Waals surface area contributed by atoms with E-state index in [9.17, 15) is 19.2 Å². The summed E-state index contributed by atoms with van der Waals surface area (Å²) >= 11 is 0. The second-order valence-electron chi connectivity index (χ2n) is 8.36. The molecule has 1 fully saturated rings. The summed E-state index contributed by atoms with van der Waals surface area (Å²) in [6, 6.07) is 15.5. The van der Waals surface area contributed by atoms with Gasteiger partial charge in [0.15, 0.2) is 0 Å². The molecule has 186 valence electrons. The van der Waals surface area contributed by atoms with Crippen LogP contribution in [-0.4, -0.2) is 60.9 Å². The van der Waals surface area contributed by atoms with Crippen molar-refractivity contribution in [1.82, 2.24) is 15.5 Å². The molecule has 0 aliphatic carbocycles. The highest BCUT2D eigenvalue weighted by Crippen LogP contribution is 2.15. The summed E-state index contributed by atoms with van der Waals surface area (Å²) in [4.78, 5) is 51.1. The average Bonchev–Trinajstić information content (AvgIpc) is 2.88. The van der Waals surface area contributed by atoms with Crippen molar-refractivity contribution in [1.29, 1.82) is 0 Å². The van der Waals surface area contributed by atoms with E-state index in [0.29, 0.717) is 30.8 Å². The van der Waals surface area contributed by atoms with Gasteiger partial charge in [-0.3, -0.25) is 19.2 Å². The first kappa shape index (κ1) is 25.7. The number of rotatable bonds is 10. The fourth-order valence-corrected chi connectivity index (χ4v) is 3.77. The van der Waals surface area contributed by atoms with E-state index in [1.807, 2.05) is 44.2 Å². The van der Waals surface area contributed by atoms with E-state index in [1.165, 1.54) is 4.90 Å². The molecule has 35 heavy (non-hydrogen) atoms. The number of anilines is 1. The normalized spacial score (nSPS) is 16.1. The van der Waals surface area contributed by atoms with Crippen molar-refractivity contribution in [3.8, 4) is 0 Å². The summed E-state index contributed by atoms with van der Waals surface area (Å²) in [5.41, 5.74) is 2.18. The van der Waals surface area contributed by atoms with E-state index in [2.05, 4.69) is 16.0 Å². The van der Waals surface area contributed by atoms with Crippen LogP contribution in [0, 0.1) is 0 Å². The number of nitrogens with one attached hydrogen (secondary N) is 3. The summed E-state index contributed by atoms with van der Waals surface area (Å²) in [6.45, 7) is 4.68. The predicted octanol–water partition coefficient (Wildman–Crippen LogP) is 2.26.